The van der Waals surface area contributed by atoms with Crippen molar-refractivity contribution >= 4 is 34.4 Å². The first-order valence-corrected chi connectivity index (χ1v) is 9.70. The Morgan fingerprint density at radius 1 is 1.08 bits per heavy atom. The number of allylic oxidation sites excluding steroid dienone is 1. The van der Waals surface area contributed by atoms with E-state index < -0.39 is 0 Å². The number of nitrogens with one attached hydrogen (secondary N) is 1. The molecule has 0 aliphatic heterocycles. The highest BCUT2D eigenvalue weighted by Gasteiger charge is 2.06. The number of hydrogen-bond donors (Lipinski definition) is 1. The van der Waals surface area contributed by atoms with Crippen LogP contribution in [0, 0.1) is 0 Å². The van der Waals surface area contributed by atoms with Crippen molar-refractivity contribution in [2.75, 3.05) is 5.32 Å². The maximum atomic E-state index is 12.2. The van der Waals surface area contributed by atoms with Crippen LogP contribution in [0.4, 0.5) is 5.69 Å². The van der Waals surface area contributed by atoms with Crippen LogP contribution in [0.1, 0.15) is 53.6 Å². The second kappa shape index (κ2) is 10.3. The Kier molecular flexibility index (Phi) is 8.06. The van der Waals surface area contributed by atoms with Crippen LogP contribution in [0.3, 0.4) is 0 Å². The molecule has 0 aliphatic rings. The first-order valence-electron chi connectivity index (χ1n) is 8.50. The number of aryl methyl sites for hydroxylation is 1. The van der Waals surface area contributed by atoms with Gasteiger partial charge in [-0.25, -0.2) is 0 Å². The van der Waals surface area contributed by atoms with Crippen molar-refractivity contribution in [3.8, 4) is 0 Å². The lowest BCUT2D eigenvalue weighted by atomic mass is 10.1. The lowest BCUT2D eigenvalue weighted by molar-refractivity contribution is 0.105. The number of benzene rings is 1. The maximum Gasteiger partial charge on any atom is 0.197 e. The largest absolute Gasteiger partial charge is 0.362 e. The normalized spacial score (nSPS) is 11.1. The molecular weight excluding hydrogens is 338 g/mol. The molecule has 0 saturated carbocycles. The molecule has 0 radical (unpaired) electrons. The minimum atomic E-state index is 0.0405. The molecule has 2 nitrogen and oxygen atoms in total. The van der Waals surface area contributed by atoms with Crippen LogP contribution in [0.5, 0.6) is 0 Å². The lowest BCUT2D eigenvalue weighted by Crippen LogP contribution is -1.93. The number of carbonyl (C=O) groups is 1. The third-order valence-corrected chi connectivity index (χ3v) is 5.17. The second-order valence-electron chi connectivity index (χ2n) is 5.78. The van der Waals surface area contributed by atoms with Gasteiger partial charge in [0.05, 0.1) is 4.88 Å². The van der Waals surface area contributed by atoms with E-state index in [9.17, 15) is 4.79 Å². The predicted octanol–water partition coefficient (Wildman–Crippen LogP) is 6.72. The van der Waals surface area contributed by atoms with Gasteiger partial charge >= 0.3 is 0 Å². The molecule has 2 rings (SSSR count). The number of rotatable bonds is 10. The summed E-state index contributed by atoms with van der Waals surface area (Å²) in [6.07, 6.45) is 10.7. The van der Waals surface area contributed by atoms with Gasteiger partial charge in [0.15, 0.2) is 5.78 Å². The highest BCUT2D eigenvalue weighted by molar-refractivity contribution is 7.14. The van der Waals surface area contributed by atoms with Crippen LogP contribution in [0.25, 0.3) is 0 Å². The predicted molar refractivity (Wildman–Crippen MR) is 105 cm³/mol. The molecule has 128 valence electrons. The van der Waals surface area contributed by atoms with Gasteiger partial charge < -0.3 is 5.32 Å². The smallest absolute Gasteiger partial charge is 0.197 e. The van der Waals surface area contributed by atoms with Gasteiger partial charge in [-0.3, -0.25) is 4.79 Å². The molecule has 0 atom stereocenters. The van der Waals surface area contributed by atoms with Crippen LogP contribution >= 0.6 is 22.9 Å². The zero-order valence-electron chi connectivity index (χ0n) is 14.1. The summed E-state index contributed by atoms with van der Waals surface area (Å²) in [5.41, 5.74) is 0.905. The zero-order chi connectivity index (χ0) is 17.2. The van der Waals surface area contributed by atoms with Crippen molar-refractivity contribution in [1.29, 1.82) is 0 Å². The maximum absolute atomic E-state index is 12.2. The Morgan fingerprint density at radius 2 is 1.83 bits per heavy atom. The molecule has 0 amide bonds. The van der Waals surface area contributed by atoms with Crippen molar-refractivity contribution in [3.63, 3.8) is 0 Å². The Balaban J connectivity index is 1.77. The molecule has 1 heterocycles. The van der Waals surface area contributed by atoms with Gasteiger partial charge in [0, 0.05) is 27.9 Å². The molecule has 2 aromatic rings. The Hall–Kier alpha value is -1.58. The minimum absolute atomic E-state index is 0.0405. The van der Waals surface area contributed by atoms with Crippen LogP contribution in [-0.4, -0.2) is 5.78 Å². The van der Waals surface area contributed by atoms with Crippen molar-refractivity contribution in [2.24, 2.45) is 0 Å². The highest BCUT2D eigenvalue weighted by Crippen LogP contribution is 2.20. The Morgan fingerprint density at radius 3 is 2.58 bits per heavy atom. The van der Waals surface area contributed by atoms with Crippen molar-refractivity contribution in [1.82, 2.24) is 0 Å². The molecule has 0 saturated heterocycles. The molecule has 24 heavy (non-hydrogen) atoms. The quantitative estimate of drug-likeness (QED) is 0.289. The van der Waals surface area contributed by atoms with E-state index in [2.05, 4.69) is 18.3 Å². The summed E-state index contributed by atoms with van der Waals surface area (Å²) < 4.78 is 0. The topological polar surface area (TPSA) is 29.1 Å². The van der Waals surface area contributed by atoms with E-state index in [1.54, 1.807) is 23.6 Å². The van der Waals surface area contributed by atoms with Crippen LogP contribution in [-0.2, 0) is 6.42 Å². The Labute approximate surface area is 153 Å². The first-order chi connectivity index (χ1) is 11.7. The number of thiophene rings is 1. The van der Waals surface area contributed by atoms with E-state index in [-0.39, 0.29) is 5.78 Å². The summed E-state index contributed by atoms with van der Waals surface area (Å²) in [5.74, 6) is 0.0405. The molecule has 1 aromatic carbocycles. The highest BCUT2D eigenvalue weighted by atomic mass is 35.5. The molecule has 4 heteroatoms. The SMILES string of the molecule is CCCCCCCc1ccc(C(=O)/C=C\Nc2ccc(Cl)cc2)s1. The van der Waals surface area contributed by atoms with Gasteiger partial charge in [-0.1, -0.05) is 44.2 Å². The lowest BCUT2D eigenvalue weighted by Gasteiger charge is -1.99. The monoisotopic (exact) mass is 361 g/mol. The summed E-state index contributed by atoms with van der Waals surface area (Å²) >= 11 is 7.45. The van der Waals surface area contributed by atoms with Crippen molar-refractivity contribution in [2.45, 2.75) is 45.4 Å². The molecule has 1 N–H and O–H groups in total. The van der Waals surface area contributed by atoms with Crippen molar-refractivity contribution in [3.05, 3.63) is 63.5 Å². The summed E-state index contributed by atoms with van der Waals surface area (Å²) in [6, 6.07) is 11.4. The summed E-state index contributed by atoms with van der Waals surface area (Å²) in [4.78, 5) is 14.3. The number of anilines is 1. The molecule has 0 unspecified atom stereocenters. The summed E-state index contributed by atoms with van der Waals surface area (Å²) in [7, 11) is 0. The molecule has 0 spiro atoms. The van der Waals surface area contributed by atoms with E-state index in [0.717, 1.165) is 17.0 Å². The number of unbranched alkanes of at least 4 members (excludes halogenated alkanes) is 4. The Bertz CT molecular complexity index is 661. The molecular formula is C20H24ClNOS. The number of hydrogen-bond acceptors (Lipinski definition) is 3. The number of ketones is 1. The summed E-state index contributed by atoms with van der Waals surface area (Å²) in [6.45, 7) is 2.23. The molecule has 0 fully saturated rings. The van der Waals surface area contributed by atoms with Crippen LogP contribution in [0.2, 0.25) is 5.02 Å². The number of halogens is 1. The van der Waals surface area contributed by atoms with Gasteiger partial charge in [-0.05, 0) is 49.2 Å². The molecule has 0 bridgehead atoms. The van der Waals surface area contributed by atoms with E-state index in [1.165, 1.54) is 37.0 Å². The zero-order valence-corrected chi connectivity index (χ0v) is 15.6. The fraction of sp³-hybridized carbons (Fsp3) is 0.350. The third kappa shape index (κ3) is 6.50. The van der Waals surface area contributed by atoms with E-state index in [0.29, 0.717) is 5.02 Å². The van der Waals surface area contributed by atoms with Gasteiger partial charge in [0.25, 0.3) is 0 Å². The summed E-state index contributed by atoms with van der Waals surface area (Å²) in [5, 5.41) is 3.77. The van der Waals surface area contributed by atoms with Gasteiger partial charge in [0.2, 0.25) is 0 Å². The second-order valence-corrected chi connectivity index (χ2v) is 7.38. The first kappa shape index (κ1) is 18.8. The third-order valence-electron chi connectivity index (χ3n) is 3.76. The standard InChI is InChI=1S/C20H24ClNOS/c1-2-3-4-5-6-7-18-12-13-20(24-18)19(23)14-15-22-17-10-8-16(21)9-11-17/h8-15,22H,2-7H2,1H3/b15-14-. The molecule has 0 aliphatic carbocycles. The van der Waals surface area contributed by atoms with E-state index in [1.807, 2.05) is 30.3 Å². The van der Waals surface area contributed by atoms with Gasteiger partial charge in [-0.15, -0.1) is 11.3 Å². The van der Waals surface area contributed by atoms with E-state index >= 15 is 0 Å². The van der Waals surface area contributed by atoms with Crippen LogP contribution in [0.15, 0.2) is 48.7 Å². The van der Waals surface area contributed by atoms with E-state index in [4.69, 9.17) is 11.6 Å². The fourth-order valence-corrected chi connectivity index (χ4v) is 3.48. The average Bonchev–Trinajstić information content (AvgIpc) is 3.05. The minimum Gasteiger partial charge on any atom is -0.362 e. The van der Waals surface area contributed by atoms with Crippen molar-refractivity contribution < 1.29 is 4.79 Å². The van der Waals surface area contributed by atoms with Crippen LogP contribution < -0.4 is 5.32 Å². The number of carbonyl (C=O) groups excluding carboxylic acids is 1. The average molecular weight is 362 g/mol. The molecule has 1 aromatic heterocycles. The fourth-order valence-electron chi connectivity index (χ4n) is 2.39. The van der Waals surface area contributed by atoms with Gasteiger partial charge in [-0.2, -0.15) is 0 Å². The van der Waals surface area contributed by atoms with Gasteiger partial charge in [0.1, 0.15) is 0 Å².